The van der Waals surface area contributed by atoms with Crippen molar-refractivity contribution in [3.63, 3.8) is 0 Å². The molecule has 21 heavy (non-hydrogen) atoms. The van der Waals surface area contributed by atoms with Crippen LogP contribution in [0.25, 0.3) is 6.08 Å². The Morgan fingerprint density at radius 2 is 1.95 bits per heavy atom. The number of hydrogen-bond donors (Lipinski definition) is 0. The lowest BCUT2D eigenvalue weighted by Crippen LogP contribution is -1.99. The maximum absolute atomic E-state index is 9.06. The molecule has 2 aromatic rings. The van der Waals surface area contributed by atoms with E-state index in [2.05, 4.69) is 22.0 Å². The summed E-state index contributed by atoms with van der Waals surface area (Å²) < 4.78 is 6.69. The van der Waals surface area contributed by atoms with Gasteiger partial charge in [0.05, 0.1) is 17.7 Å². The first kappa shape index (κ1) is 14.8. The molecule has 0 fully saturated rings. The van der Waals surface area contributed by atoms with E-state index in [1.54, 1.807) is 12.1 Å². The fourth-order valence-electron chi connectivity index (χ4n) is 1.82. The average Bonchev–Trinajstić information content (AvgIpc) is 2.52. The third-order valence-electron chi connectivity index (χ3n) is 2.83. The topological polar surface area (TPSA) is 56.8 Å². The molecule has 0 unspecified atom stereocenters. The third kappa shape index (κ3) is 3.95. The highest BCUT2D eigenvalue weighted by molar-refractivity contribution is 9.10. The van der Waals surface area contributed by atoms with E-state index in [4.69, 9.17) is 15.3 Å². The summed E-state index contributed by atoms with van der Waals surface area (Å²) in [4.78, 5) is 0. The Kier molecular flexibility index (Phi) is 5.15. The molecule has 4 heteroatoms. The van der Waals surface area contributed by atoms with Crippen molar-refractivity contribution in [3.05, 3.63) is 69.7 Å². The smallest absolute Gasteiger partial charge is 0.127 e. The van der Waals surface area contributed by atoms with E-state index in [0.29, 0.717) is 17.9 Å². The van der Waals surface area contributed by atoms with Gasteiger partial charge in [0.1, 0.15) is 12.4 Å². The zero-order valence-electron chi connectivity index (χ0n) is 11.1. The van der Waals surface area contributed by atoms with Gasteiger partial charge < -0.3 is 4.74 Å². The minimum atomic E-state index is 0.304. The Labute approximate surface area is 131 Å². The van der Waals surface area contributed by atoms with Gasteiger partial charge in [0.25, 0.3) is 0 Å². The van der Waals surface area contributed by atoms with E-state index in [0.717, 1.165) is 15.6 Å². The Hall–Kier alpha value is -2.56. The largest absolute Gasteiger partial charge is 0.488 e. The van der Waals surface area contributed by atoms with Crippen molar-refractivity contribution >= 4 is 22.0 Å². The van der Waals surface area contributed by atoms with Crippen LogP contribution in [-0.4, -0.2) is 0 Å². The molecule has 0 N–H and O–H groups in total. The Morgan fingerprint density at radius 1 is 1.14 bits per heavy atom. The number of allylic oxidation sites excluding steroid dienone is 1. The minimum absolute atomic E-state index is 0.304. The molecular weight excluding hydrogens is 328 g/mol. The van der Waals surface area contributed by atoms with Gasteiger partial charge >= 0.3 is 0 Å². The highest BCUT2D eigenvalue weighted by Crippen LogP contribution is 2.25. The van der Waals surface area contributed by atoms with Gasteiger partial charge in [-0.2, -0.15) is 10.5 Å². The molecule has 0 heterocycles. The summed E-state index contributed by atoms with van der Waals surface area (Å²) in [6.45, 7) is 0.304. The maximum atomic E-state index is 9.06. The number of benzene rings is 2. The van der Waals surface area contributed by atoms with Crippen LogP contribution in [0.2, 0.25) is 0 Å². The van der Waals surface area contributed by atoms with Crippen LogP contribution in [0, 0.1) is 22.7 Å². The zero-order chi connectivity index (χ0) is 15.1. The standard InChI is InChI=1S/C17H11BrN2O/c18-16-7-8-17(13(10-16)6-3-9-19)21-12-15-5-2-1-4-14(15)11-20/h1-8,10H,12H2. The van der Waals surface area contributed by atoms with Crippen LogP contribution in [-0.2, 0) is 6.61 Å². The molecule has 0 aliphatic rings. The van der Waals surface area contributed by atoms with Crippen molar-refractivity contribution < 1.29 is 4.74 Å². The molecule has 3 nitrogen and oxygen atoms in total. The maximum Gasteiger partial charge on any atom is 0.127 e. The predicted octanol–water partition coefficient (Wildman–Crippen LogP) is 4.44. The second-order valence-corrected chi connectivity index (χ2v) is 5.12. The predicted molar refractivity (Wildman–Crippen MR) is 84.3 cm³/mol. The quantitative estimate of drug-likeness (QED) is 0.774. The van der Waals surface area contributed by atoms with Gasteiger partial charge in [-0.05, 0) is 30.3 Å². The van der Waals surface area contributed by atoms with Crippen molar-refractivity contribution in [1.82, 2.24) is 0 Å². The van der Waals surface area contributed by atoms with Crippen LogP contribution in [0.4, 0.5) is 0 Å². The summed E-state index contributed by atoms with van der Waals surface area (Å²) in [5, 5.41) is 17.7. The van der Waals surface area contributed by atoms with E-state index in [1.165, 1.54) is 6.08 Å². The lowest BCUT2D eigenvalue weighted by Gasteiger charge is -2.10. The van der Waals surface area contributed by atoms with Crippen molar-refractivity contribution in [2.24, 2.45) is 0 Å². The fraction of sp³-hybridized carbons (Fsp3) is 0.0588. The SMILES string of the molecule is N#CC=Cc1cc(Br)ccc1OCc1ccccc1C#N. The van der Waals surface area contributed by atoms with Crippen LogP contribution >= 0.6 is 15.9 Å². The van der Waals surface area contributed by atoms with Gasteiger partial charge in [0.15, 0.2) is 0 Å². The number of nitrogens with zero attached hydrogens (tertiary/aromatic N) is 2. The molecule has 2 rings (SSSR count). The number of hydrogen-bond acceptors (Lipinski definition) is 3. The summed E-state index contributed by atoms with van der Waals surface area (Å²) in [6, 6.07) is 17.0. The van der Waals surface area contributed by atoms with E-state index in [1.807, 2.05) is 42.5 Å². The first-order valence-electron chi connectivity index (χ1n) is 6.21. The van der Waals surface area contributed by atoms with E-state index >= 15 is 0 Å². The molecule has 0 saturated carbocycles. The molecule has 0 aliphatic carbocycles. The number of halogens is 1. The van der Waals surface area contributed by atoms with Gasteiger partial charge in [-0.25, -0.2) is 0 Å². The van der Waals surface area contributed by atoms with Gasteiger partial charge in [-0.3, -0.25) is 0 Å². The summed E-state index contributed by atoms with van der Waals surface area (Å²) in [6.07, 6.45) is 3.09. The van der Waals surface area contributed by atoms with Crippen molar-refractivity contribution in [2.75, 3.05) is 0 Å². The van der Waals surface area contributed by atoms with Crippen LogP contribution in [0.15, 0.2) is 53.0 Å². The second kappa shape index (κ2) is 7.28. The molecule has 0 aromatic heterocycles. The summed E-state index contributed by atoms with van der Waals surface area (Å²) in [5.41, 5.74) is 2.24. The molecule has 2 aromatic carbocycles. The van der Waals surface area contributed by atoms with E-state index < -0.39 is 0 Å². The molecular formula is C17H11BrN2O. The second-order valence-electron chi connectivity index (χ2n) is 4.20. The molecule has 0 bridgehead atoms. The van der Waals surface area contributed by atoms with Gasteiger partial charge in [0, 0.05) is 21.7 Å². The third-order valence-corrected chi connectivity index (χ3v) is 3.32. The molecule has 0 saturated heterocycles. The summed E-state index contributed by atoms with van der Waals surface area (Å²) in [7, 11) is 0. The molecule has 0 amide bonds. The Bertz CT molecular complexity index is 754. The lowest BCUT2D eigenvalue weighted by atomic mass is 10.1. The van der Waals surface area contributed by atoms with E-state index in [-0.39, 0.29) is 0 Å². The number of nitriles is 2. The Morgan fingerprint density at radius 3 is 2.71 bits per heavy atom. The van der Waals surface area contributed by atoms with Crippen molar-refractivity contribution in [1.29, 1.82) is 10.5 Å². The van der Waals surface area contributed by atoms with Gasteiger partial charge in [-0.15, -0.1) is 0 Å². The molecule has 102 valence electrons. The number of rotatable bonds is 4. The normalized spacial score (nSPS) is 10.0. The summed E-state index contributed by atoms with van der Waals surface area (Å²) >= 11 is 3.39. The van der Waals surface area contributed by atoms with Crippen LogP contribution in [0.5, 0.6) is 5.75 Å². The van der Waals surface area contributed by atoms with E-state index in [9.17, 15) is 0 Å². The van der Waals surface area contributed by atoms with Crippen LogP contribution in [0.1, 0.15) is 16.7 Å². The Balaban J connectivity index is 2.22. The first-order valence-corrected chi connectivity index (χ1v) is 7.00. The minimum Gasteiger partial charge on any atom is -0.488 e. The molecule has 0 aliphatic heterocycles. The number of ether oxygens (including phenoxy) is 1. The zero-order valence-corrected chi connectivity index (χ0v) is 12.7. The molecule has 0 radical (unpaired) electrons. The molecule has 0 atom stereocenters. The lowest BCUT2D eigenvalue weighted by molar-refractivity contribution is 0.305. The average molecular weight is 339 g/mol. The monoisotopic (exact) mass is 338 g/mol. The van der Waals surface area contributed by atoms with Crippen molar-refractivity contribution in [2.45, 2.75) is 6.61 Å². The fourth-order valence-corrected chi connectivity index (χ4v) is 2.20. The molecule has 0 spiro atoms. The first-order chi connectivity index (χ1) is 10.2. The van der Waals surface area contributed by atoms with Crippen LogP contribution in [0.3, 0.4) is 0 Å². The van der Waals surface area contributed by atoms with Gasteiger partial charge in [0.2, 0.25) is 0 Å². The van der Waals surface area contributed by atoms with Crippen molar-refractivity contribution in [3.8, 4) is 17.9 Å². The van der Waals surface area contributed by atoms with Crippen LogP contribution < -0.4 is 4.74 Å². The highest BCUT2D eigenvalue weighted by atomic mass is 79.9. The van der Waals surface area contributed by atoms with Gasteiger partial charge in [-0.1, -0.05) is 34.1 Å². The highest BCUT2D eigenvalue weighted by Gasteiger charge is 2.05. The summed E-state index contributed by atoms with van der Waals surface area (Å²) in [5.74, 6) is 0.664.